The number of benzene rings is 1. The molecule has 1 aromatic carbocycles. The van der Waals surface area contributed by atoms with Gasteiger partial charge in [-0.1, -0.05) is 44.6 Å². The molecule has 0 unspecified atom stereocenters. The maximum absolute atomic E-state index is 2.32. The second-order valence-electron chi connectivity index (χ2n) is 5.87. The van der Waals surface area contributed by atoms with E-state index in [1.807, 2.05) is 0 Å². The minimum atomic E-state index is 0.255. The largest absolute Gasteiger partial charge is 0.0673 e. The van der Waals surface area contributed by atoms with Crippen LogP contribution in [0.5, 0.6) is 0 Å². The van der Waals surface area contributed by atoms with Crippen molar-refractivity contribution in [3.05, 3.63) is 40.0 Å². The molecule has 0 nitrogen and oxygen atoms in total. The quantitative estimate of drug-likeness (QED) is 0.615. The molecule has 0 atom stereocenters. The lowest BCUT2D eigenvalue weighted by Crippen LogP contribution is -2.06. The zero-order valence-corrected chi connectivity index (χ0v) is 11.7. The van der Waals surface area contributed by atoms with Crippen molar-refractivity contribution in [3.63, 3.8) is 0 Å². The number of hydrogen-bond acceptors (Lipinski definition) is 0. The first-order chi connectivity index (χ1) is 7.21. The summed E-state index contributed by atoms with van der Waals surface area (Å²) in [5, 5.41) is 0. The molecule has 0 aliphatic carbocycles. The molecule has 0 aliphatic rings. The monoisotopic (exact) mass is 216 g/mol. The van der Waals surface area contributed by atoms with E-state index in [0.29, 0.717) is 0 Å². The summed E-state index contributed by atoms with van der Waals surface area (Å²) >= 11 is 0. The van der Waals surface area contributed by atoms with Crippen molar-refractivity contribution in [2.45, 2.75) is 48.5 Å². The van der Waals surface area contributed by atoms with Crippen LogP contribution in [0.15, 0.2) is 17.7 Å². The normalized spacial score (nSPS) is 13.1. The van der Waals surface area contributed by atoms with E-state index in [2.05, 4.69) is 66.7 Å². The van der Waals surface area contributed by atoms with E-state index >= 15 is 0 Å². The molecular weight excluding hydrogens is 192 g/mol. The average molecular weight is 216 g/mol. The van der Waals surface area contributed by atoms with Crippen LogP contribution in [0.1, 0.15) is 49.9 Å². The predicted octanol–water partition coefficient (Wildman–Crippen LogP) is 5.06. The lowest BCUT2D eigenvalue weighted by molar-refractivity contribution is 0.508. The summed E-state index contributed by atoms with van der Waals surface area (Å²) in [6.07, 6.45) is 2.32. The highest BCUT2D eigenvalue weighted by molar-refractivity contribution is 5.59. The van der Waals surface area contributed by atoms with E-state index in [4.69, 9.17) is 0 Å². The second-order valence-corrected chi connectivity index (χ2v) is 5.87. The molecule has 1 rings (SSSR count). The fraction of sp³-hybridized carbons (Fsp3) is 0.500. The zero-order chi connectivity index (χ0) is 12.5. The maximum Gasteiger partial charge on any atom is -0.0172 e. The fourth-order valence-electron chi connectivity index (χ4n) is 1.59. The van der Waals surface area contributed by atoms with Gasteiger partial charge in [0.15, 0.2) is 0 Å². The Bertz CT molecular complexity index is 414. The molecule has 0 heterocycles. The van der Waals surface area contributed by atoms with Gasteiger partial charge in [0.05, 0.1) is 0 Å². The van der Waals surface area contributed by atoms with Crippen LogP contribution in [-0.2, 0) is 0 Å². The molecule has 0 aliphatic heterocycles. The van der Waals surface area contributed by atoms with Gasteiger partial charge < -0.3 is 0 Å². The van der Waals surface area contributed by atoms with Crippen LogP contribution in [0.4, 0.5) is 0 Å². The van der Waals surface area contributed by atoms with E-state index in [-0.39, 0.29) is 5.41 Å². The van der Waals surface area contributed by atoms with E-state index in [0.717, 1.165) is 0 Å². The molecule has 0 heteroatoms. The Morgan fingerprint density at radius 3 is 1.94 bits per heavy atom. The molecular formula is C16H24. The van der Waals surface area contributed by atoms with Gasteiger partial charge in [-0.15, -0.1) is 0 Å². The second kappa shape index (κ2) is 4.45. The lowest BCUT2D eigenvalue weighted by atomic mass is 9.85. The molecule has 0 saturated heterocycles. The van der Waals surface area contributed by atoms with Crippen molar-refractivity contribution < 1.29 is 0 Å². The molecule has 0 bridgehead atoms. The van der Waals surface area contributed by atoms with E-state index in [1.165, 1.54) is 27.8 Å². The summed E-state index contributed by atoms with van der Waals surface area (Å²) in [4.78, 5) is 0. The van der Waals surface area contributed by atoms with Gasteiger partial charge in [0, 0.05) is 0 Å². The van der Waals surface area contributed by atoms with Crippen LogP contribution in [0.2, 0.25) is 0 Å². The summed E-state index contributed by atoms with van der Waals surface area (Å²) in [6.45, 7) is 15.5. The molecule has 0 radical (unpaired) electrons. The molecule has 0 N–H and O–H groups in total. The molecule has 0 spiro atoms. The van der Waals surface area contributed by atoms with E-state index in [9.17, 15) is 0 Å². The molecule has 0 saturated carbocycles. The van der Waals surface area contributed by atoms with Crippen molar-refractivity contribution in [1.82, 2.24) is 0 Å². The SMILES string of the molecule is C/C(=C\c1cc(C)c(C)cc1C)C(C)(C)C. The number of allylic oxidation sites excluding steroid dienone is 1. The highest BCUT2D eigenvalue weighted by atomic mass is 14.2. The summed E-state index contributed by atoms with van der Waals surface area (Å²) in [7, 11) is 0. The Morgan fingerprint density at radius 2 is 1.44 bits per heavy atom. The Kier molecular flexibility index (Phi) is 3.62. The third-order valence-corrected chi connectivity index (χ3v) is 3.44. The molecule has 0 aromatic heterocycles. The van der Waals surface area contributed by atoms with Gasteiger partial charge >= 0.3 is 0 Å². The molecule has 16 heavy (non-hydrogen) atoms. The van der Waals surface area contributed by atoms with Gasteiger partial charge in [0.2, 0.25) is 0 Å². The molecule has 0 amide bonds. The van der Waals surface area contributed by atoms with Crippen molar-refractivity contribution in [2.75, 3.05) is 0 Å². The highest BCUT2D eigenvalue weighted by Crippen LogP contribution is 2.28. The highest BCUT2D eigenvalue weighted by Gasteiger charge is 2.12. The van der Waals surface area contributed by atoms with E-state index in [1.54, 1.807) is 0 Å². The van der Waals surface area contributed by atoms with Crippen LogP contribution in [0.25, 0.3) is 6.08 Å². The molecule has 0 fully saturated rings. The first-order valence-electron chi connectivity index (χ1n) is 5.98. The third-order valence-electron chi connectivity index (χ3n) is 3.44. The van der Waals surface area contributed by atoms with Crippen molar-refractivity contribution in [1.29, 1.82) is 0 Å². The minimum absolute atomic E-state index is 0.255. The fourth-order valence-corrected chi connectivity index (χ4v) is 1.59. The first kappa shape index (κ1) is 13.0. The first-order valence-corrected chi connectivity index (χ1v) is 5.98. The maximum atomic E-state index is 2.32. The van der Waals surface area contributed by atoms with E-state index < -0.39 is 0 Å². The van der Waals surface area contributed by atoms with Gasteiger partial charge in [0.25, 0.3) is 0 Å². The Hall–Kier alpha value is -1.04. The van der Waals surface area contributed by atoms with Crippen molar-refractivity contribution >= 4 is 6.08 Å². The number of hydrogen-bond donors (Lipinski definition) is 0. The molecule has 1 aromatic rings. The van der Waals surface area contributed by atoms with Gasteiger partial charge in [-0.25, -0.2) is 0 Å². The number of rotatable bonds is 1. The smallest absolute Gasteiger partial charge is 0.0172 e. The average Bonchev–Trinajstić information content (AvgIpc) is 2.12. The zero-order valence-electron chi connectivity index (χ0n) is 11.7. The topological polar surface area (TPSA) is 0 Å². The van der Waals surface area contributed by atoms with Gasteiger partial charge in [0.1, 0.15) is 0 Å². The predicted molar refractivity (Wildman–Crippen MR) is 73.8 cm³/mol. The van der Waals surface area contributed by atoms with Crippen LogP contribution in [0, 0.1) is 26.2 Å². The summed E-state index contributed by atoms with van der Waals surface area (Å²) in [6, 6.07) is 4.57. The summed E-state index contributed by atoms with van der Waals surface area (Å²) in [5.41, 5.74) is 7.16. The number of aryl methyl sites for hydroxylation is 3. The van der Waals surface area contributed by atoms with Crippen molar-refractivity contribution in [2.24, 2.45) is 5.41 Å². The van der Waals surface area contributed by atoms with Crippen LogP contribution in [-0.4, -0.2) is 0 Å². The van der Waals surface area contributed by atoms with Gasteiger partial charge in [-0.2, -0.15) is 0 Å². The van der Waals surface area contributed by atoms with Crippen molar-refractivity contribution in [3.8, 4) is 0 Å². The minimum Gasteiger partial charge on any atom is -0.0673 e. The van der Waals surface area contributed by atoms with Gasteiger partial charge in [-0.05, 0) is 55.4 Å². The van der Waals surface area contributed by atoms with Gasteiger partial charge in [-0.3, -0.25) is 0 Å². The lowest BCUT2D eigenvalue weighted by Gasteiger charge is -2.20. The Labute approximate surface area is 100 Å². The Morgan fingerprint density at radius 1 is 0.938 bits per heavy atom. The van der Waals surface area contributed by atoms with Crippen LogP contribution in [0.3, 0.4) is 0 Å². The summed E-state index contributed by atoms with van der Waals surface area (Å²) in [5.74, 6) is 0. The third kappa shape index (κ3) is 2.98. The van der Waals surface area contributed by atoms with Crippen LogP contribution < -0.4 is 0 Å². The van der Waals surface area contributed by atoms with Crippen LogP contribution >= 0.6 is 0 Å². The summed E-state index contributed by atoms with van der Waals surface area (Å²) < 4.78 is 0. The standard InChI is InChI=1S/C16H24/c1-11-8-13(3)15(9-12(11)2)10-14(4)16(5,6)7/h8-10H,1-7H3/b14-10+. The Balaban J connectivity index is 3.21. The molecule has 88 valence electrons.